The first-order valence-electron chi connectivity index (χ1n) is 6.68. The highest BCUT2D eigenvalue weighted by molar-refractivity contribution is 6.32. The number of hydrogen-bond donors (Lipinski definition) is 1. The van der Waals surface area contributed by atoms with Crippen LogP contribution in [0.15, 0.2) is 42.5 Å². The highest BCUT2D eigenvalue weighted by Gasteiger charge is 2.20. The molecule has 1 N–H and O–H groups in total. The van der Waals surface area contributed by atoms with Crippen LogP contribution >= 0.6 is 11.6 Å². The van der Waals surface area contributed by atoms with E-state index in [2.05, 4.69) is 5.32 Å². The zero-order valence-corrected chi connectivity index (χ0v) is 12.0. The maximum absolute atomic E-state index is 6.23. The van der Waals surface area contributed by atoms with Gasteiger partial charge in [0.25, 0.3) is 0 Å². The molecule has 1 atom stereocenters. The molecule has 0 radical (unpaired) electrons. The maximum atomic E-state index is 6.23. The van der Waals surface area contributed by atoms with Gasteiger partial charge in [-0.1, -0.05) is 29.8 Å². The van der Waals surface area contributed by atoms with Crippen LogP contribution in [-0.2, 0) is 0 Å². The first-order valence-corrected chi connectivity index (χ1v) is 7.06. The predicted octanol–water partition coefficient (Wildman–Crippen LogP) is 4.28. The Hall–Kier alpha value is -1.87. The van der Waals surface area contributed by atoms with Crippen LogP contribution in [0.3, 0.4) is 0 Å². The molecule has 0 aromatic heterocycles. The van der Waals surface area contributed by atoms with E-state index in [4.69, 9.17) is 21.1 Å². The third-order valence-electron chi connectivity index (χ3n) is 3.28. The molecule has 0 fully saturated rings. The van der Waals surface area contributed by atoms with Crippen LogP contribution in [0.4, 0.5) is 5.69 Å². The molecule has 0 aliphatic carbocycles. The highest BCUT2D eigenvalue weighted by Crippen LogP contribution is 2.35. The van der Waals surface area contributed by atoms with Crippen molar-refractivity contribution in [2.24, 2.45) is 0 Å². The van der Waals surface area contributed by atoms with E-state index in [9.17, 15) is 0 Å². The Balaban J connectivity index is 1.83. The molecule has 4 heteroatoms. The van der Waals surface area contributed by atoms with Crippen LogP contribution in [0.1, 0.15) is 18.5 Å². The second kappa shape index (κ2) is 5.63. The van der Waals surface area contributed by atoms with Gasteiger partial charge in [0.2, 0.25) is 0 Å². The quantitative estimate of drug-likeness (QED) is 0.914. The van der Waals surface area contributed by atoms with Crippen molar-refractivity contribution in [1.82, 2.24) is 0 Å². The summed E-state index contributed by atoms with van der Waals surface area (Å²) in [4.78, 5) is 0. The Morgan fingerprint density at radius 3 is 2.95 bits per heavy atom. The summed E-state index contributed by atoms with van der Waals surface area (Å²) in [7, 11) is 0. The molecule has 2 aromatic rings. The number of hydrogen-bond acceptors (Lipinski definition) is 3. The second-order valence-electron chi connectivity index (χ2n) is 4.63. The molecule has 104 valence electrons. The summed E-state index contributed by atoms with van der Waals surface area (Å²) in [6.45, 7) is 3.14. The first-order chi connectivity index (χ1) is 9.78. The van der Waals surface area contributed by atoms with Gasteiger partial charge >= 0.3 is 0 Å². The molecule has 0 saturated carbocycles. The Morgan fingerprint density at radius 2 is 2.15 bits per heavy atom. The van der Waals surface area contributed by atoms with Gasteiger partial charge in [0, 0.05) is 0 Å². The molecule has 1 aliphatic heterocycles. The van der Waals surface area contributed by atoms with Gasteiger partial charge in [-0.05, 0) is 36.8 Å². The lowest BCUT2D eigenvalue weighted by Crippen LogP contribution is -2.23. The number of rotatable bonds is 3. The minimum Gasteiger partial charge on any atom is -0.492 e. The van der Waals surface area contributed by atoms with E-state index in [1.165, 1.54) is 0 Å². The van der Waals surface area contributed by atoms with Gasteiger partial charge in [0.15, 0.2) is 0 Å². The van der Waals surface area contributed by atoms with Crippen LogP contribution in [0.25, 0.3) is 0 Å². The smallest absolute Gasteiger partial charge is 0.142 e. The number of benzene rings is 2. The SMILES string of the molecule is CCOc1ccc([C@H]2COc3ccccc3N2)cc1Cl. The van der Waals surface area contributed by atoms with Crippen LogP contribution < -0.4 is 14.8 Å². The Bertz CT molecular complexity index is 615. The third-order valence-corrected chi connectivity index (χ3v) is 3.58. The average molecular weight is 290 g/mol. The molecule has 0 spiro atoms. The van der Waals surface area contributed by atoms with Gasteiger partial charge in [-0.2, -0.15) is 0 Å². The van der Waals surface area contributed by atoms with Crippen LogP contribution in [0.2, 0.25) is 5.02 Å². The summed E-state index contributed by atoms with van der Waals surface area (Å²) >= 11 is 6.23. The highest BCUT2D eigenvalue weighted by atomic mass is 35.5. The van der Waals surface area contributed by atoms with Gasteiger partial charge in [-0.25, -0.2) is 0 Å². The second-order valence-corrected chi connectivity index (χ2v) is 5.03. The fourth-order valence-corrected chi connectivity index (χ4v) is 2.54. The van der Waals surface area contributed by atoms with Crippen molar-refractivity contribution >= 4 is 17.3 Å². The Labute approximate surface area is 123 Å². The van der Waals surface area contributed by atoms with Crippen molar-refractivity contribution in [3.63, 3.8) is 0 Å². The Kier molecular flexibility index (Phi) is 3.70. The van der Waals surface area contributed by atoms with E-state index in [1.807, 2.05) is 49.4 Å². The molecule has 0 bridgehead atoms. The summed E-state index contributed by atoms with van der Waals surface area (Å²) in [6, 6.07) is 13.9. The number of para-hydroxylation sites is 2. The topological polar surface area (TPSA) is 30.5 Å². The third kappa shape index (κ3) is 2.54. The minimum atomic E-state index is 0.0954. The number of fused-ring (bicyclic) bond motifs is 1. The van der Waals surface area contributed by atoms with Gasteiger partial charge < -0.3 is 14.8 Å². The van der Waals surface area contributed by atoms with Crippen LogP contribution in [0.5, 0.6) is 11.5 Å². The predicted molar refractivity (Wildman–Crippen MR) is 80.9 cm³/mol. The van der Waals surface area contributed by atoms with Crippen molar-refractivity contribution in [2.45, 2.75) is 13.0 Å². The standard InChI is InChI=1S/C16H16ClNO2/c1-2-19-15-8-7-11(9-12(15)17)14-10-20-16-6-4-3-5-13(16)18-14/h3-9,14,18H,2,10H2,1H3/t14-/m1/s1. The first kappa shape index (κ1) is 13.1. The number of halogens is 1. The lowest BCUT2D eigenvalue weighted by Gasteiger charge is -2.28. The van der Waals surface area contributed by atoms with Gasteiger partial charge in [0.1, 0.15) is 18.1 Å². The fourth-order valence-electron chi connectivity index (χ4n) is 2.30. The molecular weight excluding hydrogens is 274 g/mol. The van der Waals surface area contributed by atoms with Crippen LogP contribution in [-0.4, -0.2) is 13.2 Å². The average Bonchev–Trinajstić information content (AvgIpc) is 2.49. The molecule has 0 saturated heterocycles. The van der Waals surface area contributed by atoms with Gasteiger partial charge in [-0.3, -0.25) is 0 Å². The molecule has 3 nitrogen and oxygen atoms in total. The summed E-state index contributed by atoms with van der Waals surface area (Å²) in [5.41, 5.74) is 2.10. The molecule has 0 unspecified atom stereocenters. The molecule has 0 amide bonds. The van der Waals surface area contributed by atoms with Crippen molar-refractivity contribution in [3.05, 3.63) is 53.1 Å². The summed E-state index contributed by atoms with van der Waals surface area (Å²) in [5.74, 6) is 1.61. The number of nitrogens with one attached hydrogen (secondary N) is 1. The van der Waals surface area contributed by atoms with E-state index in [-0.39, 0.29) is 6.04 Å². The summed E-state index contributed by atoms with van der Waals surface area (Å²) in [6.07, 6.45) is 0. The molecule has 1 heterocycles. The Morgan fingerprint density at radius 1 is 1.30 bits per heavy atom. The lowest BCUT2D eigenvalue weighted by atomic mass is 10.1. The summed E-state index contributed by atoms with van der Waals surface area (Å²) < 4.78 is 11.2. The van der Waals surface area contributed by atoms with Gasteiger partial charge in [0.05, 0.1) is 23.4 Å². The molecule has 1 aliphatic rings. The van der Waals surface area contributed by atoms with E-state index in [0.29, 0.717) is 18.2 Å². The maximum Gasteiger partial charge on any atom is 0.142 e. The normalized spacial score (nSPS) is 16.8. The van der Waals surface area contributed by atoms with Crippen molar-refractivity contribution < 1.29 is 9.47 Å². The van der Waals surface area contributed by atoms with E-state index >= 15 is 0 Å². The van der Waals surface area contributed by atoms with Gasteiger partial charge in [-0.15, -0.1) is 0 Å². The number of anilines is 1. The van der Waals surface area contributed by atoms with E-state index < -0.39 is 0 Å². The molecular formula is C16H16ClNO2. The monoisotopic (exact) mass is 289 g/mol. The van der Waals surface area contributed by atoms with Crippen molar-refractivity contribution in [1.29, 1.82) is 0 Å². The van der Waals surface area contributed by atoms with E-state index in [1.54, 1.807) is 0 Å². The molecule has 2 aromatic carbocycles. The van der Waals surface area contributed by atoms with E-state index in [0.717, 1.165) is 22.7 Å². The minimum absolute atomic E-state index is 0.0954. The fraction of sp³-hybridized carbons (Fsp3) is 0.250. The van der Waals surface area contributed by atoms with Crippen molar-refractivity contribution in [2.75, 3.05) is 18.5 Å². The van der Waals surface area contributed by atoms with Crippen LogP contribution in [0, 0.1) is 0 Å². The van der Waals surface area contributed by atoms with Crippen molar-refractivity contribution in [3.8, 4) is 11.5 Å². The zero-order valence-electron chi connectivity index (χ0n) is 11.2. The lowest BCUT2D eigenvalue weighted by molar-refractivity contribution is 0.286. The molecule has 20 heavy (non-hydrogen) atoms. The summed E-state index contributed by atoms with van der Waals surface area (Å²) in [5, 5.41) is 4.10. The zero-order chi connectivity index (χ0) is 13.9. The number of ether oxygens (including phenoxy) is 2. The largest absolute Gasteiger partial charge is 0.492 e. The molecule has 3 rings (SSSR count).